The SMILES string of the molecule is COc1cccc(NC(=O)NCCN2CCN(c3ccccc3)CC2)c1OC. The summed E-state index contributed by atoms with van der Waals surface area (Å²) in [5, 5.41) is 5.73. The number of benzene rings is 2. The second-order valence-corrected chi connectivity index (χ2v) is 6.59. The number of carbonyl (C=O) groups is 1. The zero-order chi connectivity index (χ0) is 19.8. The van der Waals surface area contributed by atoms with Gasteiger partial charge in [-0.1, -0.05) is 24.3 Å². The number of rotatable bonds is 7. The number of methoxy groups -OCH3 is 2. The highest BCUT2D eigenvalue weighted by molar-refractivity contribution is 5.91. The Morgan fingerprint density at radius 3 is 2.39 bits per heavy atom. The molecule has 2 aromatic rings. The van der Waals surface area contributed by atoms with E-state index in [1.165, 1.54) is 5.69 Å². The number of anilines is 2. The fourth-order valence-electron chi connectivity index (χ4n) is 3.35. The number of piperazine rings is 1. The molecule has 0 aromatic heterocycles. The summed E-state index contributed by atoms with van der Waals surface area (Å²) in [6.07, 6.45) is 0. The van der Waals surface area contributed by atoms with Gasteiger partial charge in [-0.2, -0.15) is 0 Å². The van der Waals surface area contributed by atoms with E-state index in [0.717, 1.165) is 32.7 Å². The van der Waals surface area contributed by atoms with E-state index in [4.69, 9.17) is 9.47 Å². The van der Waals surface area contributed by atoms with E-state index in [2.05, 4.69) is 44.7 Å². The average molecular weight is 384 g/mol. The van der Waals surface area contributed by atoms with Crippen molar-refractivity contribution in [3.63, 3.8) is 0 Å². The van der Waals surface area contributed by atoms with Gasteiger partial charge >= 0.3 is 6.03 Å². The second kappa shape index (κ2) is 9.85. The van der Waals surface area contributed by atoms with Crippen molar-refractivity contribution in [2.75, 3.05) is 63.7 Å². The monoisotopic (exact) mass is 384 g/mol. The van der Waals surface area contributed by atoms with Crippen LogP contribution < -0.4 is 25.0 Å². The summed E-state index contributed by atoms with van der Waals surface area (Å²) in [6.45, 7) is 5.38. The van der Waals surface area contributed by atoms with Crippen molar-refractivity contribution in [3.8, 4) is 11.5 Å². The van der Waals surface area contributed by atoms with E-state index in [1.807, 2.05) is 12.1 Å². The van der Waals surface area contributed by atoms with E-state index >= 15 is 0 Å². The third-order valence-corrected chi connectivity index (χ3v) is 4.86. The predicted octanol–water partition coefficient (Wildman–Crippen LogP) is 2.65. The Balaban J connectivity index is 1.41. The first-order valence-corrected chi connectivity index (χ1v) is 9.49. The number of amides is 2. The minimum atomic E-state index is -0.255. The van der Waals surface area contributed by atoms with Crippen LogP contribution in [0.2, 0.25) is 0 Å². The summed E-state index contributed by atoms with van der Waals surface area (Å²) in [6, 6.07) is 15.6. The fourth-order valence-corrected chi connectivity index (χ4v) is 3.35. The van der Waals surface area contributed by atoms with Crippen LogP contribution in [0.4, 0.5) is 16.2 Å². The largest absolute Gasteiger partial charge is 0.493 e. The summed E-state index contributed by atoms with van der Waals surface area (Å²) in [7, 11) is 3.12. The normalized spacial score (nSPS) is 14.4. The average Bonchev–Trinajstić information content (AvgIpc) is 2.74. The number of nitrogens with one attached hydrogen (secondary N) is 2. The fraction of sp³-hybridized carbons (Fsp3) is 0.381. The molecule has 1 aliphatic rings. The van der Waals surface area contributed by atoms with Crippen LogP contribution in [-0.2, 0) is 0 Å². The second-order valence-electron chi connectivity index (χ2n) is 6.59. The maximum absolute atomic E-state index is 12.2. The highest BCUT2D eigenvalue weighted by Gasteiger charge is 2.17. The van der Waals surface area contributed by atoms with Crippen LogP contribution in [0.5, 0.6) is 11.5 Å². The van der Waals surface area contributed by atoms with E-state index in [1.54, 1.807) is 26.4 Å². The van der Waals surface area contributed by atoms with Crippen molar-refractivity contribution in [1.29, 1.82) is 0 Å². The van der Waals surface area contributed by atoms with Crippen LogP contribution in [0.3, 0.4) is 0 Å². The summed E-state index contributed by atoms with van der Waals surface area (Å²) in [5.41, 5.74) is 1.85. The summed E-state index contributed by atoms with van der Waals surface area (Å²) in [4.78, 5) is 17.0. The van der Waals surface area contributed by atoms with Gasteiger partial charge in [-0.25, -0.2) is 4.79 Å². The Morgan fingerprint density at radius 1 is 0.964 bits per heavy atom. The van der Waals surface area contributed by atoms with Crippen molar-refractivity contribution < 1.29 is 14.3 Å². The van der Waals surface area contributed by atoms with Crippen LogP contribution in [0.15, 0.2) is 48.5 Å². The minimum absolute atomic E-state index is 0.255. The standard InChI is InChI=1S/C21H28N4O3/c1-27-19-10-6-9-18(20(19)28-2)23-21(26)22-11-12-24-13-15-25(16-14-24)17-7-4-3-5-8-17/h3-10H,11-16H2,1-2H3,(H2,22,23,26). The molecular weight excluding hydrogens is 356 g/mol. The molecule has 0 aliphatic carbocycles. The summed E-state index contributed by atoms with van der Waals surface area (Å²) >= 11 is 0. The van der Waals surface area contributed by atoms with Crippen LogP contribution in [0.25, 0.3) is 0 Å². The maximum Gasteiger partial charge on any atom is 0.319 e. The molecule has 2 amide bonds. The Kier molecular flexibility index (Phi) is 6.97. The Hall–Kier alpha value is -2.93. The number of nitrogens with zero attached hydrogens (tertiary/aromatic N) is 2. The van der Waals surface area contributed by atoms with Gasteiger partial charge in [-0.3, -0.25) is 4.90 Å². The van der Waals surface area contributed by atoms with Gasteiger partial charge in [-0.15, -0.1) is 0 Å². The molecule has 0 saturated carbocycles. The van der Waals surface area contributed by atoms with Gasteiger partial charge in [0.2, 0.25) is 0 Å². The lowest BCUT2D eigenvalue weighted by Gasteiger charge is -2.36. The molecule has 0 spiro atoms. The van der Waals surface area contributed by atoms with Crippen LogP contribution in [0.1, 0.15) is 0 Å². The molecular formula is C21H28N4O3. The van der Waals surface area contributed by atoms with Crippen molar-refractivity contribution in [1.82, 2.24) is 10.2 Å². The zero-order valence-electron chi connectivity index (χ0n) is 16.5. The van der Waals surface area contributed by atoms with Gasteiger partial charge in [0, 0.05) is 45.0 Å². The van der Waals surface area contributed by atoms with Crippen molar-refractivity contribution in [2.24, 2.45) is 0 Å². The quantitative estimate of drug-likeness (QED) is 0.768. The molecule has 7 nitrogen and oxygen atoms in total. The molecule has 1 saturated heterocycles. The van der Waals surface area contributed by atoms with Crippen molar-refractivity contribution >= 4 is 17.4 Å². The Morgan fingerprint density at radius 2 is 1.71 bits per heavy atom. The van der Waals surface area contributed by atoms with Gasteiger partial charge in [-0.05, 0) is 24.3 Å². The number of hydrogen-bond donors (Lipinski definition) is 2. The van der Waals surface area contributed by atoms with Crippen molar-refractivity contribution in [3.05, 3.63) is 48.5 Å². The highest BCUT2D eigenvalue weighted by Crippen LogP contribution is 2.34. The highest BCUT2D eigenvalue weighted by atomic mass is 16.5. The first kappa shape index (κ1) is 19.8. The van der Waals surface area contributed by atoms with E-state index < -0.39 is 0 Å². The van der Waals surface area contributed by atoms with Crippen LogP contribution in [-0.4, -0.2) is 64.4 Å². The van der Waals surface area contributed by atoms with E-state index in [0.29, 0.717) is 23.7 Å². The van der Waals surface area contributed by atoms with Crippen LogP contribution >= 0.6 is 0 Å². The predicted molar refractivity (Wildman–Crippen MR) is 112 cm³/mol. The molecule has 0 atom stereocenters. The van der Waals surface area contributed by atoms with Crippen molar-refractivity contribution in [2.45, 2.75) is 0 Å². The molecule has 1 aliphatic heterocycles. The first-order valence-electron chi connectivity index (χ1n) is 9.49. The van der Waals surface area contributed by atoms with E-state index in [9.17, 15) is 4.79 Å². The lowest BCUT2D eigenvalue weighted by Crippen LogP contribution is -2.48. The molecule has 1 heterocycles. The van der Waals surface area contributed by atoms with Gasteiger partial charge in [0.05, 0.1) is 19.9 Å². The van der Waals surface area contributed by atoms with Gasteiger partial charge in [0.1, 0.15) is 0 Å². The molecule has 1 fully saturated rings. The van der Waals surface area contributed by atoms with Gasteiger partial charge in [0.25, 0.3) is 0 Å². The van der Waals surface area contributed by atoms with Crippen LogP contribution in [0, 0.1) is 0 Å². The molecule has 2 N–H and O–H groups in total. The molecule has 150 valence electrons. The lowest BCUT2D eigenvalue weighted by molar-refractivity contribution is 0.240. The molecule has 2 aromatic carbocycles. The topological polar surface area (TPSA) is 66.1 Å². The van der Waals surface area contributed by atoms with Gasteiger partial charge in [0.15, 0.2) is 11.5 Å². The smallest absolute Gasteiger partial charge is 0.319 e. The molecule has 3 rings (SSSR count). The molecule has 7 heteroatoms. The maximum atomic E-state index is 12.2. The molecule has 0 radical (unpaired) electrons. The molecule has 0 unspecified atom stereocenters. The Bertz CT molecular complexity index is 762. The van der Waals surface area contributed by atoms with E-state index in [-0.39, 0.29) is 6.03 Å². The number of carbonyl (C=O) groups excluding carboxylic acids is 1. The number of urea groups is 1. The first-order chi connectivity index (χ1) is 13.7. The third kappa shape index (κ3) is 5.07. The van der Waals surface area contributed by atoms with Gasteiger partial charge < -0.3 is 25.0 Å². The zero-order valence-corrected chi connectivity index (χ0v) is 16.5. The number of para-hydroxylation sites is 2. The summed E-state index contributed by atoms with van der Waals surface area (Å²) in [5.74, 6) is 1.09. The Labute approximate surface area is 166 Å². The molecule has 28 heavy (non-hydrogen) atoms. The molecule has 0 bridgehead atoms. The third-order valence-electron chi connectivity index (χ3n) is 4.86. The lowest BCUT2D eigenvalue weighted by atomic mass is 10.2. The minimum Gasteiger partial charge on any atom is -0.493 e. The number of ether oxygens (including phenoxy) is 2. The summed E-state index contributed by atoms with van der Waals surface area (Å²) < 4.78 is 10.6. The number of hydrogen-bond acceptors (Lipinski definition) is 5.